The predicted octanol–water partition coefficient (Wildman–Crippen LogP) is 4.35. The number of aromatic nitrogens is 1. The molecule has 4 rings (SSSR count). The van der Waals surface area contributed by atoms with Gasteiger partial charge >= 0.3 is 0 Å². The normalized spacial score (nSPS) is 16.2. The number of methoxy groups -OCH3 is 1. The van der Waals surface area contributed by atoms with Crippen molar-refractivity contribution in [1.82, 2.24) is 15.4 Å². The van der Waals surface area contributed by atoms with Crippen LogP contribution in [0.2, 0.25) is 0 Å². The number of nitrogens with one attached hydrogen (secondary N) is 1. The molecule has 1 amide bonds. The zero-order valence-electron chi connectivity index (χ0n) is 22.0. The van der Waals surface area contributed by atoms with E-state index in [0.29, 0.717) is 70.9 Å². The average molecular weight is 580 g/mol. The molecule has 1 aliphatic rings. The van der Waals surface area contributed by atoms with Gasteiger partial charge in [-0.15, -0.1) is 11.8 Å². The number of amides is 1. The first-order chi connectivity index (χ1) is 19.2. The lowest BCUT2D eigenvalue weighted by Gasteiger charge is -2.40. The zero-order chi connectivity index (χ0) is 28.9. The van der Waals surface area contributed by atoms with Gasteiger partial charge in [0.05, 0.1) is 30.8 Å². The minimum atomic E-state index is -1.49. The molecule has 1 fully saturated rings. The van der Waals surface area contributed by atoms with Crippen molar-refractivity contribution < 1.29 is 38.1 Å². The number of carbonyl (C=O) groups excluding carboxylic acids is 1. The molecule has 8 nitrogen and oxygen atoms in total. The van der Waals surface area contributed by atoms with Gasteiger partial charge in [0.15, 0.2) is 17.5 Å². The average Bonchev–Trinajstić information content (AvgIpc) is 2.97. The second-order valence-electron chi connectivity index (χ2n) is 9.91. The van der Waals surface area contributed by atoms with Crippen LogP contribution in [0.25, 0.3) is 10.9 Å². The van der Waals surface area contributed by atoms with Crippen LogP contribution >= 0.6 is 11.8 Å². The van der Waals surface area contributed by atoms with E-state index < -0.39 is 34.9 Å². The first-order valence-electron chi connectivity index (χ1n) is 12.9. The van der Waals surface area contributed by atoms with Crippen LogP contribution in [0.1, 0.15) is 42.9 Å². The van der Waals surface area contributed by atoms with Gasteiger partial charge < -0.3 is 19.8 Å². The maximum Gasteiger partial charge on any atom is 0.249 e. The minimum Gasteiger partial charge on any atom is -0.497 e. The van der Waals surface area contributed by atoms with Crippen LogP contribution < -0.4 is 10.2 Å². The number of hydrogen-bond donors (Lipinski definition) is 4. The van der Waals surface area contributed by atoms with E-state index in [1.807, 2.05) is 0 Å². The smallest absolute Gasteiger partial charge is 0.249 e. The molecule has 0 spiro atoms. The molecule has 12 heteroatoms. The van der Waals surface area contributed by atoms with E-state index in [2.05, 4.69) is 9.88 Å². The molecule has 0 aliphatic carbocycles. The van der Waals surface area contributed by atoms with E-state index in [9.17, 15) is 33.4 Å². The van der Waals surface area contributed by atoms with Gasteiger partial charge in [0, 0.05) is 34.3 Å². The lowest BCUT2D eigenvalue weighted by atomic mass is 9.73. The van der Waals surface area contributed by atoms with E-state index in [-0.39, 0.29) is 19.4 Å². The summed E-state index contributed by atoms with van der Waals surface area (Å²) in [4.78, 5) is 19.6. The summed E-state index contributed by atoms with van der Waals surface area (Å²) in [5, 5.41) is 31.3. The molecule has 0 saturated carbocycles. The third-order valence-electron chi connectivity index (χ3n) is 7.63. The quantitative estimate of drug-likeness (QED) is 0.115. The van der Waals surface area contributed by atoms with Gasteiger partial charge in [-0.1, -0.05) is 0 Å². The minimum absolute atomic E-state index is 0.203. The fourth-order valence-electron chi connectivity index (χ4n) is 5.26. The van der Waals surface area contributed by atoms with Crippen LogP contribution in [0.15, 0.2) is 41.4 Å². The van der Waals surface area contributed by atoms with Gasteiger partial charge in [0.2, 0.25) is 5.91 Å². The lowest BCUT2D eigenvalue weighted by Crippen LogP contribution is -2.48. The van der Waals surface area contributed by atoms with Gasteiger partial charge in [-0.3, -0.25) is 15.0 Å². The van der Waals surface area contributed by atoms with Crippen molar-refractivity contribution in [2.45, 2.75) is 43.3 Å². The van der Waals surface area contributed by atoms with E-state index in [4.69, 9.17) is 4.74 Å². The number of likely N-dealkylation sites (tertiary alicyclic amines) is 1. The summed E-state index contributed by atoms with van der Waals surface area (Å²) >= 11 is 1.21. The van der Waals surface area contributed by atoms with Crippen molar-refractivity contribution in [3.63, 3.8) is 0 Å². The number of carbonyl (C=O) groups is 1. The van der Waals surface area contributed by atoms with Crippen molar-refractivity contribution in [3.8, 4) is 5.75 Å². The number of fused-ring (bicyclic) bond motifs is 1. The summed E-state index contributed by atoms with van der Waals surface area (Å²) in [5.41, 5.74) is 2.50. The third kappa shape index (κ3) is 6.52. The SMILES string of the molecule is COc1ccc2ncc(CO)c([C@H](O)CCC3(C(=O)NO)CCN(CCSc4cc(F)c(F)c(F)c4)CC3)c2c1. The Kier molecular flexibility index (Phi) is 9.90. The molecule has 3 aromatic rings. The highest BCUT2D eigenvalue weighted by Crippen LogP contribution is 2.40. The number of ether oxygens (including phenoxy) is 1. The molecule has 1 atom stereocenters. The number of pyridine rings is 1. The highest BCUT2D eigenvalue weighted by molar-refractivity contribution is 7.99. The van der Waals surface area contributed by atoms with Gasteiger partial charge in [0.25, 0.3) is 0 Å². The summed E-state index contributed by atoms with van der Waals surface area (Å²) in [6, 6.07) is 7.20. The fourth-order valence-corrected chi connectivity index (χ4v) is 6.22. The number of piperidine rings is 1. The van der Waals surface area contributed by atoms with Gasteiger partial charge in [-0.2, -0.15) is 0 Å². The Bertz CT molecular complexity index is 1330. The van der Waals surface area contributed by atoms with Crippen molar-refractivity contribution in [3.05, 3.63) is 65.1 Å². The first-order valence-corrected chi connectivity index (χ1v) is 13.9. The largest absolute Gasteiger partial charge is 0.497 e. The summed E-state index contributed by atoms with van der Waals surface area (Å²) in [6.45, 7) is 1.33. The summed E-state index contributed by atoms with van der Waals surface area (Å²) in [7, 11) is 1.53. The Labute approximate surface area is 234 Å². The molecule has 4 N–H and O–H groups in total. The number of aliphatic hydroxyl groups excluding tert-OH is 2. The maximum absolute atomic E-state index is 13.5. The molecule has 1 aliphatic heterocycles. The second kappa shape index (κ2) is 13.2. The van der Waals surface area contributed by atoms with Crippen LogP contribution in [-0.4, -0.2) is 63.7 Å². The Hall–Kier alpha value is -2.90. The zero-order valence-corrected chi connectivity index (χ0v) is 22.8. The highest BCUT2D eigenvalue weighted by Gasteiger charge is 2.41. The molecular weight excluding hydrogens is 547 g/mol. The van der Waals surface area contributed by atoms with E-state index >= 15 is 0 Å². The monoisotopic (exact) mass is 579 g/mol. The van der Waals surface area contributed by atoms with Crippen molar-refractivity contribution in [1.29, 1.82) is 0 Å². The molecule has 0 radical (unpaired) electrons. The number of nitrogens with zero attached hydrogens (tertiary/aromatic N) is 2. The van der Waals surface area contributed by atoms with Gasteiger partial charge in [0.1, 0.15) is 5.75 Å². The van der Waals surface area contributed by atoms with Gasteiger partial charge in [-0.25, -0.2) is 18.7 Å². The Balaban J connectivity index is 1.41. The third-order valence-corrected chi connectivity index (χ3v) is 8.58. The first kappa shape index (κ1) is 30.1. The molecule has 216 valence electrons. The Morgan fingerprint density at radius 1 is 1.20 bits per heavy atom. The highest BCUT2D eigenvalue weighted by atomic mass is 32.2. The summed E-state index contributed by atoms with van der Waals surface area (Å²) in [6.07, 6.45) is 1.86. The molecule has 1 saturated heterocycles. The predicted molar refractivity (Wildman–Crippen MR) is 143 cm³/mol. The number of thioether (sulfide) groups is 1. The number of hydrogen-bond acceptors (Lipinski definition) is 8. The Morgan fingerprint density at radius 3 is 2.52 bits per heavy atom. The van der Waals surface area contributed by atoms with E-state index in [1.165, 1.54) is 25.1 Å². The number of rotatable bonds is 11. The standard InChI is InChI=1S/C28H32F3N3O5S/c1-39-18-2-3-23-20(12-18)25(17(16-35)15-32-23)24(36)4-5-28(27(37)33-38)6-8-34(9-7-28)10-11-40-19-13-21(29)26(31)22(30)14-19/h2-3,12-15,24,35-36,38H,4-11,16H2,1H3,(H,33,37)/t24-/m1/s1. The van der Waals surface area contributed by atoms with Crippen LogP contribution in [0, 0.1) is 22.9 Å². The maximum atomic E-state index is 13.5. The molecule has 1 aromatic heterocycles. The molecule has 0 bridgehead atoms. The van der Waals surface area contributed by atoms with Gasteiger partial charge in [-0.05, 0) is 74.7 Å². The molecule has 2 aromatic carbocycles. The van der Waals surface area contributed by atoms with Crippen molar-refractivity contribution >= 4 is 28.6 Å². The second-order valence-corrected chi connectivity index (χ2v) is 11.1. The summed E-state index contributed by atoms with van der Waals surface area (Å²) < 4.78 is 45.4. The molecule has 2 heterocycles. The molecule has 40 heavy (non-hydrogen) atoms. The number of aliphatic hydroxyl groups is 2. The molecular formula is C28H32F3N3O5S. The lowest BCUT2D eigenvalue weighted by molar-refractivity contribution is -0.143. The van der Waals surface area contributed by atoms with E-state index in [1.54, 1.807) is 23.7 Å². The van der Waals surface area contributed by atoms with Crippen molar-refractivity contribution in [2.24, 2.45) is 5.41 Å². The fraction of sp³-hybridized carbons (Fsp3) is 0.429. The van der Waals surface area contributed by atoms with Crippen LogP contribution in [0.4, 0.5) is 13.2 Å². The van der Waals surface area contributed by atoms with Crippen LogP contribution in [0.5, 0.6) is 5.75 Å². The van der Waals surface area contributed by atoms with E-state index in [0.717, 1.165) is 12.1 Å². The topological polar surface area (TPSA) is 115 Å². The number of halogens is 3. The van der Waals surface area contributed by atoms with Crippen LogP contribution in [-0.2, 0) is 11.4 Å². The number of benzene rings is 2. The number of hydroxylamine groups is 1. The molecule has 0 unspecified atom stereocenters. The Morgan fingerprint density at radius 2 is 1.90 bits per heavy atom. The van der Waals surface area contributed by atoms with Crippen molar-refractivity contribution in [2.75, 3.05) is 32.5 Å². The van der Waals surface area contributed by atoms with Crippen LogP contribution in [0.3, 0.4) is 0 Å². The summed E-state index contributed by atoms with van der Waals surface area (Å²) in [5.74, 6) is -3.39.